The fraction of sp³-hybridized carbons (Fsp3) is 1.00. The van der Waals surface area contributed by atoms with Crippen LogP contribution in [0.2, 0.25) is 0 Å². The lowest BCUT2D eigenvalue weighted by Crippen LogP contribution is -2.46. The maximum Gasteiger partial charge on any atom is 0.239 e. The number of hydrogen-bond donors (Lipinski definition) is 0. The smallest absolute Gasteiger partial charge is 0.239 e. The summed E-state index contributed by atoms with van der Waals surface area (Å²) in [6.45, 7) is 11.8. The Kier molecular flexibility index (Phi) is 9.15. The third-order valence-electron chi connectivity index (χ3n) is 7.52. The molecule has 6 heterocycles. The molecule has 5 fully saturated rings. The first-order valence-corrected chi connectivity index (χ1v) is 19.2. The zero-order chi connectivity index (χ0) is 25.2. The average molecular weight is 601 g/mol. The van der Waals surface area contributed by atoms with Gasteiger partial charge < -0.3 is 23.7 Å². The van der Waals surface area contributed by atoms with Crippen molar-refractivity contribution in [1.29, 1.82) is 0 Å². The fourth-order valence-electron chi connectivity index (χ4n) is 5.54. The summed E-state index contributed by atoms with van der Waals surface area (Å²) >= 11 is 7.81. The van der Waals surface area contributed by atoms with Crippen LogP contribution in [0.5, 0.6) is 0 Å². The van der Waals surface area contributed by atoms with Gasteiger partial charge >= 0.3 is 0 Å². The highest BCUT2D eigenvalue weighted by Crippen LogP contribution is 2.84. The van der Waals surface area contributed by atoms with Crippen LogP contribution in [0.15, 0.2) is 13.5 Å². The van der Waals surface area contributed by atoms with Crippen LogP contribution in [-0.4, -0.2) is 155 Å². The largest absolute Gasteiger partial charge is 0.379 e. The molecule has 0 aromatic heterocycles. The molecule has 0 aliphatic carbocycles. The molecule has 0 amide bonds. The Morgan fingerprint density at radius 3 is 0.973 bits per heavy atom. The second-order valence-corrected chi connectivity index (χ2v) is 19.1. The lowest BCUT2D eigenvalue weighted by molar-refractivity contribution is 0.0546. The Bertz CT molecular complexity index is 878. The van der Waals surface area contributed by atoms with Gasteiger partial charge in [-0.05, 0) is 11.2 Å². The van der Waals surface area contributed by atoms with Crippen molar-refractivity contribution in [2.24, 2.45) is 13.5 Å². The lowest BCUT2D eigenvalue weighted by Gasteiger charge is -2.52. The highest BCUT2D eigenvalue weighted by Gasteiger charge is 2.50. The Labute approximate surface area is 225 Å². The van der Waals surface area contributed by atoms with Gasteiger partial charge in [0.25, 0.3) is 0 Å². The summed E-state index contributed by atoms with van der Waals surface area (Å²) in [4.78, 5) is 0. The van der Waals surface area contributed by atoms with Gasteiger partial charge in [0, 0.05) is 65.4 Å². The standard InChI is InChI=1S/C20H40ClN8O5P3/c21-35(25-1-11-30-12-2-25)22-36(26-3-13-31-14-4-26,27-5-15-32-16-6-27)24-37(23-35,28-7-17-33-18-8-28)29-9-19-34-20-10-29/h1-20H2. The van der Waals surface area contributed by atoms with E-state index in [0.717, 1.165) is 65.4 Å². The summed E-state index contributed by atoms with van der Waals surface area (Å²) in [5, 5.41) is 0. The number of halogens is 1. The first-order valence-electron chi connectivity index (χ1n) is 13.4. The SMILES string of the molecule is ClP1(N2CCOCC2)=NP(N2CCOCC2)(N2CCOCC2)=NP(N2CCOCC2)(N2CCOCC2)=N1. The van der Waals surface area contributed by atoms with E-state index >= 15 is 0 Å². The van der Waals surface area contributed by atoms with Gasteiger partial charge in [0.2, 0.25) is 21.7 Å². The molecule has 1 atom stereocenters. The molecule has 0 radical (unpaired) electrons. The van der Waals surface area contributed by atoms with Crippen molar-refractivity contribution in [2.45, 2.75) is 0 Å². The van der Waals surface area contributed by atoms with Crippen molar-refractivity contribution in [2.75, 3.05) is 132 Å². The highest BCUT2D eigenvalue weighted by molar-refractivity contribution is 7.96. The molecule has 0 aromatic carbocycles. The number of hydrogen-bond acceptors (Lipinski definition) is 13. The van der Waals surface area contributed by atoms with Gasteiger partial charge in [-0.15, -0.1) is 0 Å². The maximum absolute atomic E-state index is 7.81. The molecule has 0 saturated carbocycles. The number of ether oxygens (including phenoxy) is 5. The van der Waals surface area contributed by atoms with E-state index in [1.54, 1.807) is 0 Å². The number of rotatable bonds is 5. The molecule has 6 aliphatic heterocycles. The minimum Gasteiger partial charge on any atom is -0.379 e. The predicted octanol–water partition coefficient (Wildman–Crippen LogP) is 2.74. The normalized spacial score (nSPS) is 35.3. The molecule has 17 heteroatoms. The first kappa shape index (κ1) is 27.7. The molecule has 5 saturated heterocycles. The van der Waals surface area contributed by atoms with Gasteiger partial charge in [-0.1, -0.05) is 0 Å². The van der Waals surface area contributed by atoms with E-state index in [9.17, 15) is 0 Å². The molecule has 37 heavy (non-hydrogen) atoms. The average Bonchev–Trinajstić information content (AvgIpc) is 2.99. The van der Waals surface area contributed by atoms with E-state index in [-0.39, 0.29) is 0 Å². The van der Waals surface area contributed by atoms with Crippen molar-refractivity contribution in [3.05, 3.63) is 0 Å². The minimum atomic E-state index is -2.80. The molecule has 0 aromatic rings. The third-order valence-corrected chi connectivity index (χ3v) is 20.8. The van der Waals surface area contributed by atoms with Gasteiger partial charge in [0.1, 0.15) is 0 Å². The van der Waals surface area contributed by atoms with Crippen LogP contribution in [0.25, 0.3) is 0 Å². The van der Waals surface area contributed by atoms with Crippen LogP contribution in [-0.2, 0) is 23.7 Å². The van der Waals surface area contributed by atoms with Gasteiger partial charge in [-0.2, -0.15) is 13.5 Å². The molecular weight excluding hydrogens is 561 g/mol. The Hall–Kier alpha value is 0.580. The van der Waals surface area contributed by atoms with E-state index in [1.807, 2.05) is 0 Å². The Morgan fingerprint density at radius 1 is 0.378 bits per heavy atom. The number of morpholine rings is 5. The topological polar surface area (TPSA) is 99.4 Å². The van der Waals surface area contributed by atoms with Crippen LogP contribution >= 0.6 is 33.0 Å². The van der Waals surface area contributed by atoms with Crippen molar-refractivity contribution in [3.63, 3.8) is 0 Å². The molecular formula is C20H40ClN8O5P3. The van der Waals surface area contributed by atoms with Crippen LogP contribution in [0.3, 0.4) is 0 Å². The third kappa shape index (κ3) is 5.57. The maximum atomic E-state index is 7.81. The predicted molar refractivity (Wildman–Crippen MR) is 146 cm³/mol. The Balaban J connectivity index is 1.60. The lowest BCUT2D eigenvalue weighted by atomic mass is 10.5. The summed E-state index contributed by atoms with van der Waals surface area (Å²) in [7, 11) is -5.20. The van der Waals surface area contributed by atoms with Crippen molar-refractivity contribution in [3.8, 4) is 0 Å². The molecule has 13 nitrogen and oxygen atoms in total. The zero-order valence-corrected chi connectivity index (χ0v) is 24.9. The van der Waals surface area contributed by atoms with Crippen molar-refractivity contribution >= 4 is 33.0 Å². The molecule has 1 unspecified atom stereocenters. The van der Waals surface area contributed by atoms with Crippen LogP contribution in [0.1, 0.15) is 0 Å². The first-order chi connectivity index (χ1) is 18.1. The van der Waals surface area contributed by atoms with Crippen LogP contribution in [0.4, 0.5) is 0 Å². The molecule has 0 N–H and O–H groups in total. The highest BCUT2D eigenvalue weighted by atomic mass is 35.7. The second-order valence-electron chi connectivity index (χ2n) is 9.67. The second kappa shape index (κ2) is 12.2. The van der Waals surface area contributed by atoms with Crippen molar-refractivity contribution in [1.82, 2.24) is 23.4 Å². The molecule has 0 bridgehead atoms. The summed E-state index contributed by atoms with van der Waals surface area (Å²) in [6.07, 6.45) is 0. The van der Waals surface area contributed by atoms with E-state index in [1.165, 1.54) is 0 Å². The zero-order valence-electron chi connectivity index (χ0n) is 21.5. The van der Waals surface area contributed by atoms with E-state index in [0.29, 0.717) is 66.1 Å². The van der Waals surface area contributed by atoms with E-state index < -0.39 is 21.7 Å². The Morgan fingerprint density at radius 2 is 0.649 bits per heavy atom. The molecule has 6 aliphatic rings. The van der Waals surface area contributed by atoms with Gasteiger partial charge in [-0.25, -0.2) is 23.4 Å². The summed E-state index contributed by atoms with van der Waals surface area (Å²) < 4.78 is 58.6. The van der Waals surface area contributed by atoms with Crippen molar-refractivity contribution < 1.29 is 23.7 Å². The van der Waals surface area contributed by atoms with Gasteiger partial charge in [0.05, 0.1) is 66.1 Å². The van der Waals surface area contributed by atoms with Gasteiger partial charge in [0.15, 0.2) is 0 Å². The quantitative estimate of drug-likeness (QED) is 0.438. The monoisotopic (exact) mass is 600 g/mol. The van der Waals surface area contributed by atoms with Crippen LogP contribution < -0.4 is 0 Å². The minimum absolute atomic E-state index is 0.651. The van der Waals surface area contributed by atoms with E-state index in [2.05, 4.69) is 23.4 Å². The van der Waals surface area contributed by atoms with Crippen LogP contribution in [0, 0.1) is 0 Å². The summed E-state index contributed by atoms with van der Waals surface area (Å²) in [5.41, 5.74) is 0. The summed E-state index contributed by atoms with van der Waals surface area (Å²) in [5.74, 6) is 0. The number of nitrogens with zero attached hydrogens (tertiary/aromatic N) is 8. The fourth-order valence-corrected chi connectivity index (χ4v) is 21.5. The molecule has 6 rings (SSSR count). The summed E-state index contributed by atoms with van der Waals surface area (Å²) in [6, 6.07) is 0. The van der Waals surface area contributed by atoms with E-state index in [4.69, 9.17) is 48.5 Å². The van der Waals surface area contributed by atoms with Gasteiger partial charge in [-0.3, -0.25) is 0 Å². The molecule has 0 spiro atoms. The molecule has 212 valence electrons.